The lowest BCUT2D eigenvalue weighted by atomic mass is 10.1. The monoisotopic (exact) mass is 283 g/mol. The van der Waals surface area contributed by atoms with E-state index < -0.39 is 6.10 Å². The second-order valence-corrected chi connectivity index (χ2v) is 5.06. The molecule has 0 heterocycles. The van der Waals surface area contributed by atoms with Crippen LogP contribution in [0.25, 0.3) is 0 Å². The van der Waals surface area contributed by atoms with Gasteiger partial charge in [0, 0.05) is 13.5 Å². The van der Waals surface area contributed by atoms with Gasteiger partial charge in [0.25, 0.3) is 0 Å². The number of carbonyl (C=O) groups excluding carboxylic acids is 1. The molecule has 2 atom stereocenters. The van der Waals surface area contributed by atoms with Crippen LogP contribution in [0.5, 0.6) is 0 Å². The summed E-state index contributed by atoms with van der Waals surface area (Å²) < 4.78 is 5.34. The Morgan fingerprint density at radius 3 is 2.19 bits per heavy atom. The molecule has 0 bridgehead atoms. The minimum absolute atomic E-state index is 0.0351. The molecular weight excluding hydrogens is 262 g/mol. The van der Waals surface area contributed by atoms with Gasteiger partial charge in [-0.25, -0.2) is 0 Å². The second kappa shape index (κ2) is 7.60. The quantitative estimate of drug-likeness (QED) is 0.884. The summed E-state index contributed by atoms with van der Waals surface area (Å²) in [5.74, 6) is -0.0855. The molecule has 0 saturated heterocycles. The Balaban J connectivity index is 1.97. The van der Waals surface area contributed by atoms with Crippen molar-refractivity contribution in [1.29, 1.82) is 0 Å². The highest BCUT2D eigenvalue weighted by Crippen LogP contribution is 2.13. The number of ether oxygens (including phenoxy) is 1. The average molecular weight is 283 g/mol. The topological polar surface area (TPSA) is 38.3 Å². The zero-order chi connectivity index (χ0) is 15.1. The van der Waals surface area contributed by atoms with Crippen LogP contribution < -0.4 is 5.32 Å². The van der Waals surface area contributed by atoms with E-state index >= 15 is 0 Å². The van der Waals surface area contributed by atoms with E-state index in [-0.39, 0.29) is 11.9 Å². The van der Waals surface area contributed by atoms with Crippen molar-refractivity contribution >= 4 is 5.91 Å². The number of hydrogen-bond acceptors (Lipinski definition) is 2. The molecule has 1 amide bonds. The minimum atomic E-state index is -0.474. The Morgan fingerprint density at radius 1 is 1.05 bits per heavy atom. The molecule has 0 aliphatic heterocycles. The van der Waals surface area contributed by atoms with Crippen molar-refractivity contribution in [2.45, 2.75) is 25.5 Å². The van der Waals surface area contributed by atoms with Crippen LogP contribution in [0.15, 0.2) is 60.7 Å². The highest BCUT2D eigenvalue weighted by Gasteiger charge is 2.20. The van der Waals surface area contributed by atoms with Crippen molar-refractivity contribution in [2.75, 3.05) is 7.11 Å². The zero-order valence-corrected chi connectivity index (χ0v) is 12.5. The molecule has 0 aromatic heterocycles. The number of rotatable bonds is 6. The van der Waals surface area contributed by atoms with Gasteiger partial charge in [0.05, 0.1) is 6.04 Å². The lowest BCUT2D eigenvalue weighted by Crippen LogP contribution is -2.38. The summed E-state index contributed by atoms with van der Waals surface area (Å²) in [4.78, 5) is 12.3. The van der Waals surface area contributed by atoms with Crippen LogP contribution in [-0.4, -0.2) is 19.1 Å². The van der Waals surface area contributed by atoms with Gasteiger partial charge in [0.1, 0.15) is 6.10 Å². The Bertz CT molecular complexity index is 554. The van der Waals surface area contributed by atoms with Crippen LogP contribution in [0.1, 0.15) is 24.1 Å². The Labute approximate surface area is 126 Å². The highest BCUT2D eigenvalue weighted by molar-refractivity contribution is 5.81. The highest BCUT2D eigenvalue weighted by atomic mass is 16.5. The van der Waals surface area contributed by atoms with Crippen LogP contribution in [0, 0.1) is 0 Å². The molecule has 3 nitrogen and oxygen atoms in total. The smallest absolute Gasteiger partial charge is 0.249 e. The van der Waals surface area contributed by atoms with Gasteiger partial charge >= 0.3 is 0 Å². The van der Waals surface area contributed by atoms with Crippen LogP contribution in [-0.2, 0) is 16.0 Å². The summed E-state index contributed by atoms with van der Waals surface area (Å²) in [7, 11) is 1.57. The van der Waals surface area contributed by atoms with Crippen LogP contribution in [0.3, 0.4) is 0 Å². The molecule has 0 aliphatic carbocycles. The van der Waals surface area contributed by atoms with E-state index in [1.54, 1.807) is 7.11 Å². The van der Waals surface area contributed by atoms with E-state index in [1.165, 1.54) is 0 Å². The van der Waals surface area contributed by atoms with E-state index in [4.69, 9.17) is 4.74 Å². The first-order chi connectivity index (χ1) is 10.2. The third kappa shape index (κ3) is 4.43. The molecular formula is C18H21NO2. The first-order valence-corrected chi connectivity index (χ1v) is 7.12. The fraction of sp³-hybridized carbons (Fsp3) is 0.278. The maximum Gasteiger partial charge on any atom is 0.249 e. The summed E-state index contributed by atoms with van der Waals surface area (Å²) in [5, 5.41) is 3.00. The van der Waals surface area contributed by atoms with Crippen molar-refractivity contribution in [3.63, 3.8) is 0 Å². The fourth-order valence-electron chi connectivity index (χ4n) is 2.24. The molecule has 110 valence electrons. The maximum absolute atomic E-state index is 12.3. The van der Waals surface area contributed by atoms with E-state index in [1.807, 2.05) is 67.6 Å². The van der Waals surface area contributed by atoms with E-state index in [2.05, 4.69) is 5.32 Å². The first-order valence-electron chi connectivity index (χ1n) is 7.12. The maximum atomic E-state index is 12.3. The average Bonchev–Trinajstić information content (AvgIpc) is 2.54. The number of carbonyl (C=O) groups is 1. The Kier molecular flexibility index (Phi) is 5.52. The molecule has 0 saturated carbocycles. The van der Waals surface area contributed by atoms with E-state index in [9.17, 15) is 4.79 Å². The molecule has 1 N–H and O–H groups in total. The first kappa shape index (κ1) is 15.3. The normalized spacial score (nSPS) is 13.4. The molecule has 0 radical (unpaired) electrons. The van der Waals surface area contributed by atoms with Crippen LogP contribution >= 0.6 is 0 Å². The molecule has 21 heavy (non-hydrogen) atoms. The SMILES string of the molecule is COC(Cc1ccccc1)C(=O)N[C@@H](C)c1ccccc1. The molecule has 2 aromatic carbocycles. The van der Waals surface area contributed by atoms with Crippen molar-refractivity contribution in [2.24, 2.45) is 0 Å². The van der Waals surface area contributed by atoms with Crippen molar-refractivity contribution in [3.05, 3.63) is 71.8 Å². The van der Waals surface area contributed by atoms with Crippen LogP contribution in [0.4, 0.5) is 0 Å². The van der Waals surface area contributed by atoms with Crippen molar-refractivity contribution < 1.29 is 9.53 Å². The van der Waals surface area contributed by atoms with Gasteiger partial charge in [-0.3, -0.25) is 4.79 Å². The van der Waals surface area contributed by atoms with Gasteiger partial charge < -0.3 is 10.1 Å². The summed E-state index contributed by atoms with van der Waals surface area (Å²) >= 11 is 0. The molecule has 0 aliphatic rings. The van der Waals surface area contributed by atoms with Gasteiger partial charge in [-0.05, 0) is 18.1 Å². The number of methoxy groups -OCH3 is 1. The van der Waals surface area contributed by atoms with E-state index in [0.29, 0.717) is 6.42 Å². The van der Waals surface area contributed by atoms with Crippen molar-refractivity contribution in [3.8, 4) is 0 Å². The summed E-state index contributed by atoms with van der Waals surface area (Å²) in [6.07, 6.45) is 0.101. The predicted molar refractivity (Wildman–Crippen MR) is 83.9 cm³/mol. The summed E-state index contributed by atoms with van der Waals surface area (Å²) in [6.45, 7) is 1.97. The van der Waals surface area contributed by atoms with Gasteiger partial charge in [-0.2, -0.15) is 0 Å². The molecule has 2 rings (SSSR count). The van der Waals surface area contributed by atoms with Gasteiger partial charge in [0.2, 0.25) is 5.91 Å². The van der Waals surface area contributed by atoms with Crippen molar-refractivity contribution in [1.82, 2.24) is 5.32 Å². The third-order valence-corrected chi connectivity index (χ3v) is 3.50. The predicted octanol–water partition coefficient (Wildman–Crippen LogP) is 3.12. The Hall–Kier alpha value is -2.13. The lowest BCUT2D eigenvalue weighted by Gasteiger charge is -2.19. The second-order valence-electron chi connectivity index (χ2n) is 5.06. The Morgan fingerprint density at radius 2 is 1.62 bits per heavy atom. The third-order valence-electron chi connectivity index (χ3n) is 3.50. The molecule has 3 heteroatoms. The largest absolute Gasteiger partial charge is 0.371 e. The van der Waals surface area contributed by atoms with Gasteiger partial charge in [0.15, 0.2) is 0 Å². The van der Waals surface area contributed by atoms with Gasteiger partial charge in [-0.1, -0.05) is 60.7 Å². The minimum Gasteiger partial charge on any atom is -0.371 e. The summed E-state index contributed by atoms with van der Waals surface area (Å²) in [5.41, 5.74) is 2.17. The zero-order valence-electron chi connectivity index (χ0n) is 12.5. The number of nitrogens with one attached hydrogen (secondary N) is 1. The van der Waals surface area contributed by atoms with E-state index in [0.717, 1.165) is 11.1 Å². The van der Waals surface area contributed by atoms with Crippen LogP contribution in [0.2, 0.25) is 0 Å². The summed E-state index contributed by atoms with van der Waals surface area (Å²) in [6, 6.07) is 19.8. The standard InChI is InChI=1S/C18H21NO2/c1-14(16-11-7-4-8-12-16)19-18(20)17(21-2)13-15-9-5-3-6-10-15/h3-12,14,17H,13H2,1-2H3,(H,19,20)/t14-,17?/m0/s1. The molecule has 1 unspecified atom stereocenters. The molecule has 0 spiro atoms. The number of amides is 1. The lowest BCUT2D eigenvalue weighted by molar-refractivity contribution is -0.131. The number of benzene rings is 2. The van der Waals surface area contributed by atoms with Gasteiger partial charge in [-0.15, -0.1) is 0 Å². The number of hydrogen-bond donors (Lipinski definition) is 1. The fourth-order valence-corrected chi connectivity index (χ4v) is 2.24. The molecule has 2 aromatic rings. The molecule has 0 fully saturated rings.